The van der Waals surface area contributed by atoms with Crippen LogP contribution in [0.1, 0.15) is 26.3 Å². The van der Waals surface area contributed by atoms with Crippen LogP contribution in [0.3, 0.4) is 0 Å². The zero-order valence-corrected chi connectivity index (χ0v) is 18.8. The maximum atomic E-state index is 12.4. The lowest BCUT2D eigenvalue weighted by Gasteiger charge is -2.15. The number of amides is 1. The monoisotopic (exact) mass is 446 g/mol. The molecule has 0 unspecified atom stereocenters. The lowest BCUT2D eigenvalue weighted by atomic mass is 10.1. The number of hydrogen-bond acceptors (Lipinski definition) is 6. The summed E-state index contributed by atoms with van der Waals surface area (Å²) in [4.78, 5) is 17.4. The van der Waals surface area contributed by atoms with Crippen molar-refractivity contribution in [3.8, 4) is 17.2 Å². The van der Waals surface area contributed by atoms with Gasteiger partial charge >= 0.3 is 0 Å². The van der Waals surface area contributed by atoms with Gasteiger partial charge in [0, 0.05) is 0 Å². The molecule has 1 fully saturated rings. The number of hydrogen-bond donors (Lipinski definition) is 1. The SMILES string of the molecule is CCOc1ccc(N=C2NC(=O)/C(=C\c3cc(Cl)c(OC(C)C)c(OC)c3)S2)cc1. The highest BCUT2D eigenvalue weighted by Crippen LogP contribution is 2.38. The van der Waals surface area contributed by atoms with E-state index in [0.717, 1.165) is 17.0 Å². The normalized spacial score (nSPS) is 16.3. The highest BCUT2D eigenvalue weighted by molar-refractivity contribution is 8.18. The summed E-state index contributed by atoms with van der Waals surface area (Å²) in [6.07, 6.45) is 1.70. The van der Waals surface area contributed by atoms with Crippen molar-refractivity contribution >= 4 is 46.2 Å². The largest absolute Gasteiger partial charge is 0.494 e. The number of rotatable bonds is 7. The van der Waals surface area contributed by atoms with Gasteiger partial charge in [-0.2, -0.15) is 0 Å². The molecule has 6 nitrogen and oxygen atoms in total. The molecular weight excluding hydrogens is 424 g/mol. The summed E-state index contributed by atoms with van der Waals surface area (Å²) < 4.78 is 16.6. The Kier molecular flexibility index (Phi) is 7.29. The van der Waals surface area contributed by atoms with Crippen LogP contribution < -0.4 is 19.5 Å². The van der Waals surface area contributed by atoms with Crippen molar-refractivity contribution in [1.29, 1.82) is 0 Å². The molecule has 1 N–H and O–H groups in total. The Hall–Kier alpha value is -2.64. The Morgan fingerprint density at radius 2 is 1.97 bits per heavy atom. The maximum absolute atomic E-state index is 12.4. The third-order valence-electron chi connectivity index (χ3n) is 3.93. The van der Waals surface area contributed by atoms with Crippen molar-refractivity contribution in [2.45, 2.75) is 26.9 Å². The predicted molar refractivity (Wildman–Crippen MR) is 122 cm³/mol. The van der Waals surface area contributed by atoms with Crippen LogP contribution in [0.5, 0.6) is 17.2 Å². The van der Waals surface area contributed by atoms with E-state index in [9.17, 15) is 4.79 Å². The fraction of sp³-hybridized carbons (Fsp3) is 0.273. The van der Waals surface area contributed by atoms with Gasteiger partial charge in [0.1, 0.15) is 5.75 Å². The van der Waals surface area contributed by atoms with Gasteiger partial charge in [-0.3, -0.25) is 4.79 Å². The molecule has 1 amide bonds. The van der Waals surface area contributed by atoms with E-state index in [4.69, 9.17) is 25.8 Å². The zero-order valence-electron chi connectivity index (χ0n) is 17.2. The van der Waals surface area contributed by atoms with Crippen LogP contribution in [0.15, 0.2) is 46.3 Å². The third kappa shape index (κ3) is 5.49. The average Bonchev–Trinajstić information content (AvgIpc) is 3.04. The molecule has 1 aliphatic rings. The standard InChI is InChI=1S/C22H23ClN2O4S/c1-5-28-16-8-6-15(7-9-16)24-22-25-21(26)19(30-22)12-14-10-17(23)20(29-13(2)3)18(11-14)27-4/h6-13H,5H2,1-4H3,(H,24,25,26)/b19-12+. The van der Waals surface area contributed by atoms with Crippen molar-refractivity contribution in [3.63, 3.8) is 0 Å². The van der Waals surface area contributed by atoms with Gasteiger partial charge in [0.15, 0.2) is 16.7 Å². The van der Waals surface area contributed by atoms with E-state index in [1.54, 1.807) is 25.3 Å². The molecule has 0 aromatic heterocycles. The second-order valence-corrected chi connectivity index (χ2v) is 8.05. The average molecular weight is 447 g/mol. The summed E-state index contributed by atoms with van der Waals surface area (Å²) in [5.41, 5.74) is 1.45. The van der Waals surface area contributed by atoms with Crippen LogP contribution in [0, 0.1) is 0 Å². The number of benzene rings is 2. The molecule has 1 saturated heterocycles. The lowest BCUT2D eigenvalue weighted by molar-refractivity contribution is -0.115. The topological polar surface area (TPSA) is 69.2 Å². The molecule has 158 valence electrons. The number of nitrogens with zero attached hydrogens (tertiary/aromatic N) is 1. The van der Waals surface area contributed by atoms with Crippen LogP contribution in [-0.4, -0.2) is 30.9 Å². The van der Waals surface area contributed by atoms with Crippen LogP contribution >= 0.6 is 23.4 Å². The van der Waals surface area contributed by atoms with Crippen molar-refractivity contribution in [2.75, 3.05) is 13.7 Å². The Morgan fingerprint density at radius 1 is 1.23 bits per heavy atom. The molecule has 0 bridgehead atoms. The molecule has 2 aromatic rings. The van der Waals surface area contributed by atoms with Gasteiger partial charge in [-0.05, 0) is 80.6 Å². The number of ether oxygens (including phenoxy) is 3. The number of aliphatic imine (C=N–C) groups is 1. The predicted octanol–water partition coefficient (Wildman–Crippen LogP) is 5.43. The second-order valence-electron chi connectivity index (χ2n) is 6.61. The summed E-state index contributed by atoms with van der Waals surface area (Å²) in [6, 6.07) is 10.9. The number of halogens is 1. The van der Waals surface area contributed by atoms with Gasteiger partial charge in [0.2, 0.25) is 0 Å². The Bertz CT molecular complexity index is 987. The molecular formula is C22H23ClN2O4S. The molecule has 0 saturated carbocycles. The van der Waals surface area contributed by atoms with E-state index in [1.165, 1.54) is 11.8 Å². The smallest absolute Gasteiger partial charge is 0.264 e. The molecule has 30 heavy (non-hydrogen) atoms. The van der Waals surface area contributed by atoms with Gasteiger partial charge in [-0.15, -0.1) is 0 Å². The second kappa shape index (κ2) is 9.91. The van der Waals surface area contributed by atoms with Crippen LogP contribution in [-0.2, 0) is 4.79 Å². The minimum Gasteiger partial charge on any atom is -0.494 e. The molecule has 1 heterocycles. The number of carbonyl (C=O) groups excluding carboxylic acids is 1. The fourth-order valence-corrected chi connectivity index (χ4v) is 3.81. The van der Waals surface area contributed by atoms with E-state index in [2.05, 4.69) is 10.3 Å². The summed E-state index contributed by atoms with van der Waals surface area (Å²) in [6.45, 7) is 6.36. The Labute approximate surface area is 185 Å². The quantitative estimate of drug-likeness (QED) is 0.574. The van der Waals surface area contributed by atoms with E-state index in [1.807, 2.05) is 45.0 Å². The van der Waals surface area contributed by atoms with Gasteiger partial charge in [-0.25, -0.2) is 4.99 Å². The van der Waals surface area contributed by atoms with E-state index >= 15 is 0 Å². The zero-order chi connectivity index (χ0) is 21.7. The first-order valence-electron chi connectivity index (χ1n) is 9.46. The van der Waals surface area contributed by atoms with Crippen molar-refractivity contribution in [2.24, 2.45) is 4.99 Å². The Morgan fingerprint density at radius 3 is 2.60 bits per heavy atom. The number of amidine groups is 1. The maximum Gasteiger partial charge on any atom is 0.264 e. The van der Waals surface area contributed by atoms with E-state index in [0.29, 0.717) is 33.2 Å². The highest BCUT2D eigenvalue weighted by Gasteiger charge is 2.24. The molecule has 3 rings (SSSR count). The number of carbonyl (C=O) groups is 1. The molecule has 0 aliphatic carbocycles. The molecule has 0 atom stereocenters. The number of thioether (sulfide) groups is 1. The van der Waals surface area contributed by atoms with Crippen molar-refractivity contribution in [3.05, 3.63) is 51.9 Å². The number of nitrogens with one attached hydrogen (secondary N) is 1. The lowest BCUT2D eigenvalue weighted by Crippen LogP contribution is -2.19. The summed E-state index contributed by atoms with van der Waals surface area (Å²) >= 11 is 7.64. The first kappa shape index (κ1) is 22.1. The van der Waals surface area contributed by atoms with Gasteiger partial charge in [0.25, 0.3) is 5.91 Å². The molecule has 1 aliphatic heterocycles. The summed E-state index contributed by atoms with van der Waals surface area (Å²) in [5.74, 6) is 1.55. The summed E-state index contributed by atoms with van der Waals surface area (Å²) in [5, 5.41) is 3.70. The molecule has 8 heteroatoms. The van der Waals surface area contributed by atoms with Crippen LogP contribution in [0.25, 0.3) is 6.08 Å². The van der Waals surface area contributed by atoms with Crippen LogP contribution in [0.2, 0.25) is 5.02 Å². The van der Waals surface area contributed by atoms with Crippen molar-refractivity contribution < 1.29 is 19.0 Å². The molecule has 2 aromatic carbocycles. The van der Waals surface area contributed by atoms with Crippen molar-refractivity contribution in [1.82, 2.24) is 5.32 Å². The Balaban J connectivity index is 1.81. The fourth-order valence-electron chi connectivity index (χ4n) is 2.71. The van der Waals surface area contributed by atoms with Gasteiger partial charge in [-0.1, -0.05) is 11.6 Å². The van der Waals surface area contributed by atoms with E-state index < -0.39 is 0 Å². The first-order valence-corrected chi connectivity index (χ1v) is 10.7. The third-order valence-corrected chi connectivity index (χ3v) is 5.12. The number of methoxy groups -OCH3 is 1. The van der Waals surface area contributed by atoms with Gasteiger partial charge < -0.3 is 19.5 Å². The van der Waals surface area contributed by atoms with Crippen LogP contribution in [0.4, 0.5) is 5.69 Å². The van der Waals surface area contributed by atoms with E-state index in [-0.39, 0.29) is 12.0 Å². The highest BCUT2D eigenvalue weighted by atomic mass is 35.5. The van der Waals surface area contributed by atoms with Gasteiger partial charge in [0.05, 0.1) is 35.4 Å². The first-order chi connectivity index (χ1) is 14.4. The molecule has 0 spiro atoms. The molecule has 0 radical (unpaired) electrons. The minimum absolute atomic E-state index is 0.0434. The minimum atomic E-state index is -0.220. The summed E-state index contributed by atoms with van der Waals surface area (Å²) in [7, 11) is 1.55.